The van der Waals surface area contributed by atoms with E-state index in [1.165, 1.54) is 64.7 Å². The summed E-state index contributed by atoms with van der Waals surface area (Å²) in [7, 11) is 0. The lowest BCUT2D eigenvalue weighted by Gasteiger charge is -2.26. The summed E-state index contributed by atoms with van der Waals surface area (Å²) >= 11 is 0. The molecule has 5 rings (SSSR count). The Hall–Kier alpha value is -2.37. The van der Waals surface area contributed by atoms with Gasteiger partial charge in [0, 0.05) is 48.7 Å². The maximum atomic E-state index is 13.2. The van der Waals surface area contributed by atoms with Crippen molar-refractivity contribution in [1.82, 2.24) is 9.80 Å². The molecule has 5 nitrogen and oxygen atoms in total. The topological polar surface area (TPSA) is 47.6 Å². The molecule has 0 atom stereocenters. The number of ketones is 1. The lowest BCUT2D eigenvalue weighted by molar-refractivity contribution is 0.104. The number of nitrogens with one attached hydrogen (secondary N) is 2. The Morgan fingerprint density at radius 3 is 1.47 bits per heavy atom. The molecule has 0 bridgehead atoms. The van der Waals surface area contributed by atoms with E-state index in [9.17, 15) is 4.79 Å². The first-order valence-electron chi connectivity index (χ1n) is 12.5. The van der Waals surface area contributed by atoms with Gasteiger partial charge in [-0.2, -0.15) is 0 Å². The van der Waals surface area contributed by atoms with Crippen LogP contribution in [0.5, 0.6) is 0 Å². The number of piperidine rings is 2. The van der Waals surface area contributed by atoms with Gasteiger partial charge in [-0.25, -0.2) is 0 Å². The Balaban J connectivity index is 1.19. The molecule has 2 fully saturated rings. The summed E-state index contributed by atoms with van der Waals surface area (Å²) in [5.41, 5.74) is 5.86. The van der Waals surface area contributed by atoms with Crippen molar-refractivity contribution in [3.05, 3.63) is 47.5 Å². The third kappa shape index (κ3) is 4.84. The van der Waals surface area contributed by atoms with Crippen LogP contribution in [0.15, 0.2) is 36.4 Å². The third-order valence-corrected chi connectivity index (χ3v) is 7.23. The van der Waals surface area contributed by atoms with Crippen LogP contribution >= 0.6 is 0 Å². The minimum Gasteiger partial charge on any atom is -0.384 e. The fraction of sp³-hybridized carbons (Fsp3) is 0.519. The van der Waals surface area contributed by atoms with Crippen LogP contribution in [-0.4, -0.2) is 67.9 Å². The van der Waals surface area contributed by atoms with Gasteiger partial charge in [0.25, 0.3) is 0 Å². The Morgan fingerprint density at radius 2 is 1.03 bits per heavy atom. The molecular formula is C27H36N4O. The highest BCUT2D eigenvalue weighted by atomic mass is 16.1. The fourth-order valence-corrected chi connectivity index (χ4v) is 5.38. The van der Waals surface area contributed by atoms with E-state index in [1.54, 1.807) is 0 Å². The summed E-state index contributed by atoms with van der Waals surface area (Å²) < 4.78 is 0. The van der Waals surface area contributed by atoms with Crippen molar-refractivity contribution < 1.29 is 4.79 Å². The number of hydrogen-bond donors (Lipinski definition) is 2. The summed E-state index contributed by atoms with van der Waals surface area (Å²) in [6, 6.07) is 12.5. The molecule has 2 saturated heterocycles. The van der Waals surface area contributed by atoms with Crippen molar-refractivity contribution in [3.8, 4) is 11.1 Å². The van der Waals surface area contributed by atoms with Crippen molar-refractivity contribution >= 4 is 17.2 Å². The van der Waals surface area contributed by atoms with Gasteiger partial charge in [0.05, 0.1) is 0 Å². The van der Waals surface area contributed by atoms with Gasteiger partial charge in [-0.15, -0.1) is 0 Å². The number of rotatable bonds is 8. The molecule has 2 aliphatic heterocycles. The van der Waals surface area contributed by atoms with Gasteiger partial charge in [0.1, 0.15) is 0 Å². The predicted octanol–water partition coefficient (Wildman–Crippen LogP) is 4.69. The maximum Gasteiger partial charge on any atom is 0.194 e. The van der Waals surface area contributed by atoms with E-state index >= 15 is 0 Å². The van der Waals surface area contributed by atoms with E-state index in [0.29, 0.717) is 0 Å². The van der Waals surface area contributed by atoms with E-state index in [2.05, 4.69) is 44.7 Å². The van der Waals surface area contributed by atoms with Crippen LogP contribution in [0.25, 0.3) is 11.1 Å². The minimum absolute atomic E-state index is 0.148. The van der Waals surface area contributed by atoms with Crippen LogP contribution in [0, 0.1) is 0 Å². The van der Waals surface area contributed by atoms with Crippen molar-refractivity contribution in [2.75, 3.05) is 63.0 Å². The molecule has 5 heteroatoms. The lowest BCUT2D eigenvalue weighted by Crippen LogP contribution is -2.33. The minimum atomic E-state index is 0.148. The zero-order valence-electron chi connectivity index (χ0n) is 19.2. The van der Waals surface area contributed by atoms with Gasteiger partial charge in [-0.05, 0) is 87.3 Å². The quantitative estimate of drug-likeness (QED) is 0.541. The van der Waals surface area contributed by atoms with Crippen LogP contribution in [0.2, 0.25) is 0 Å². The van der Waals surface area contributed by atoms with Crippen LogP contribution in [0.4, 0.5) is 11.4 Å². The molecule has 0 unspecified atom stereocenters. The van der Waals surface area contributed by atoms with Crippen molar-refractivity contribution in [2.24, 2.45) is 0 Å². The number of nitrogens with zero attached hydrogens (tertiary/aromatic N) is 2. The zero-order chi connectivity index (χ0) is 21.8. The largest absolute Gasteiger partial charge is 0.384 e. The molecule has 0 radical (unpaired) electrons. The molecule has 3 aliphatic rings. The zero-order valence-corrected chi connectivity index (χ0v) is 19.2. The summed E-state index contributed by atoms with van der Waals surface area (Å²) in [4.78, 5) is 18.2. The summed E-state index contributed by atoms with van der Waals surface area (Å²) in [6.07, 6.45) is 8.02. The van der Waals surface area contributed by atoms with Gasteiger partial charge < -0.3 is 20.4 Å². The van der Waals surface area contributed by atoms with E-state index in [-0.39, 0.29) is 5.78 Å². The average Bonchev–Trinajstić information content (AvgIpc) is 3.11. The van der Waals surface area contributed by atoms with Crippen LogP contribution in [0.3, 0.4) is 0 Å². The first kappa shape index (κ1) is 21.5. The number of likely N-dealkylation sites (tertiary alicyclic amines) is 2. The van der Waals surface area contributed by atoms with Gasteiger partial charge in [-0.3, -0.25) is 4.79 Å². The molecule has 2 N–H and O–H groups in total. The molecule has 32 heavy (non-hydrogen) atoms. The molecule has 2 aromatic carbocycles. The molecule has 1 aliphatic carbocycles. The number of fused-ring (bicyclic) bond motifs is 3. The van der Waals surface area contributed by atoms with Gasteiger partial charge in [0.2, 0.25) is 0 Å². The normalized spacial score (nSPS) is 18.9. The number of hydrogen-bond acceptors (Lipinski definition) is 5. The van der Waals surface area contributed by atoms with Crippen LogP contribution < -0.4 is 10.6 Å². The second kappa shape index (κ2) is 10.1. The highest BCUT2D eigenvalue weighted by Gasteiger charge is 2.27. The molecule has 2 heterocycles. The maximum absolute atomic E-state index is 13.2. The van der Waals surface area contributed by atoms with Crippen molar-refractivity contribution in [1.29, 1.82) is 0 Å². The summed E-state index contributed by atoms with van der Waals surface area (Å²) in [5.74, 6) is 0.148. The van der Waals surface area contributed by atoms with Crippen molar-refractivity contribution in [3.63, 3.8) is 0 Å². The molecular weight excluding hydrogens is 396 g/mol. The lowest BCUT2D eigenvalue weighted by atomic mass is 10.0. The second-order valence-electron chi connectivity index (χ2n) is 9.51. The van der Waals surface area contributed by atoms with E-state index in [0.717, 1.165) is 59.8 Å². The van der Waals surface area contributed by atoms with Crippen molar-refractivity contribution in [2.45, 2.75) is 38.5 Å². The molecule has 0 saturated carbocycles. The first-order valence-corrected chi connectivity index (χ1v) is 12.5. The summed E-state index contributed by atoms with van der Waals surface area (Å²) in [6.45, 7) is 8.84. The Labute approximate surface area is 192 Å². The first-order chi connectivity index (χ1) is 15.8. The van der Waals surface area contributed by atoms with Gasteiger partial charge in [-0.1, -0.05) is 25.0 Å². The predicted molar refractivity (Wildman–Crippen MR) is 133 cm³/mol. The third-order valence-electron chi connectivity index (χ3n) is 7.23. The van der Waals surface area contributed by atoms with Gasteiger partial charge in [0.15, 0.2) is 5.78 Å². The molecule has 0 amide bonds. The molecule has 170 valence electrons. The van der Waals surface area contributed by atoms with Gasteiger partial charge >= 0.3 is 0 Å². The van der Waals surface area contributed by atoms with Crippen LogP contribution in [0.1, 0.15) is 54.4 Å². The Kier molecular flexibility index (Phi) is 6.75. The molecule has 0 spiro atoms. The SMILES string of the molecule is O=C1c2cc(NCCN3CCCCC3)ccc2-c2ccc(NCCN3CCCCC3)cc21. The second-order valence-corrected chi connectivity index (χ2v) is 9.51. The van der Waals surface area contributed by atoms with Crippen LogP contribution in [-0.2, 0) is 0 Å². The monoisotopic (exact) mass is 432 g/mol. The number of carbonyl (C=O) groups excluding carboxylic acids is 1. The number of benzene rings is 2. The highest BCUT2D eigenvalue weighted by molar-refractivity contribution is 6.22. The number of anilines is 2. The fourth-order valence-electron chi connectivity index (χ4n) is 5.38. The van der Waals surface area contributed by atoms with E-state index < -0.39 is 0 Å². The smallest absolute Gasteiger partial charge is 0.194 e. The van der Waals surface area contributed by atoms with E-state index in [4.69, 9.17) is 0 Å². The molecule has 0 aromatic heterocycles. The Bertz CT molecular complexity index is 869. The summed E-state index contributed by atoms with van der Waals surface area (Å²) in [5, 5.41) is 7.06. The Morgan fingerprint density at radius 1 is 0.594 bits per heavy atom. The number of carbonyl (C=O) groups is 1. The van der Waals surface area contributed by atoms with E-state index in [1.807, 2.05) is 12.1 Å². The highest BCUT2D eigenvalue weighted by Crippen LogP contribution is 2.39. The average molecular weight is 433 g/mol. The molecule has 2 aromatic rings. The standard InChI is InChI=1S/C27H36N4O/c32-27-25-19-21(28-11-17-30-13-3-1-4-14-30)7-9-23(25)24-10-8-22(20-26(24)27)29-12-18-31-15-5-2-6-16-31/h7-10,19-20,28-29H,1-6,11-18H2.